The minimum Gasteiger partial charge on any atom is -0.465 e. The fourth-order valence-corrected chi connectivity index (χ4v) is 3.26. The van der Waals surface area contributed by atoms with Crippen LogP contribution in [0, 0.1) is 0 Å². The van der Waals surface area contributed by atoms with Crippen molar-refractivity contribution in [2.75, 3.05) is 26.2 Å². The second-order valence-electron chi connectivity index (χ2n) is 7.23. The van der Waals surface area contributed by atoms with E-state index in [1.54, 1.807) is 6.92 Å². The van der Waals surface area contributed by atoms with Crippen molar-refractivity contribution >= 4 is 17.8 Å². The number of hydrogen-bond donors (Lipinski definition) is 0. The Bertz CT molecular complexity index is 735. The van der Waals surface area contributed by atoms with Gasteiger partial charge in [-0.25, -0.2) is 0 Å². The molecule has 1 fully saturated rings. The topological polar surface area (TPSA) is 66.9 Å². The lowest BCUT2D eigenvalue weighted by molar-refractivity contribution is -0.150. The Labute approximate surface area is 174 Å². The van der Waals surface area contributed by atoms with E-state index in [4.69, 9.17) is 4.74 Å². The normalized spacial score (nSPS) is 15.3. The van der Waals surface area contributed by atoms with Crippen molar-refractivity contribution in [3.8, 4) is 0 Å². The van der Waals surface area contributed by atoms with Gasteiger partial charge in [0.15, 0.2) is 0 Å². The van der Waals surface area contributed by atoms with E-state index in [1.807, 2.05) is 0 Å². The third-order valence-electron chi connectivity index (χ3n) is 4.88. The zero-order valence-electron chi connectivity index (χ0n) is 17.0. The molecule has 0 aliphatic carbocycles. The van der Waals surface area contributed by atoms with Gasteiger partial charge in [0.1, 0.15) is 6.54 Å². The number of ether oxygens (including phenoxy) is 1. The largest absolute Gasteiger partial charge is 0.465 e. The molecule has 1 aromatic rings. The van der Waals surface area contributed by atoms with E-state index in [2.05, 4.69) is 0 Å². The number of amides is 2. The maximum absolute atomic E-state index is 12.9. The molecule has 6 nitrogen and oxygen atoms in total. The number of carbonyl (C=O) groups excluding carboxylic acids is 3. The summed E-state index contributed by atoms with van der Waals surface area (Å²) in [6.45, 7) is 1.69. The van der Waals surface area contributed by atoms with Gasteiger partial charge in [-0.2, -0.15) is 13.2 Å². The molecule has 1 saturated heterocycles. The Morgan fingerprint density at radius 3 is 2.40 bits per heavy atom. The molecule has 0 spiro atoms. The molecule has 30 heavy (non-hydrogen) atoms. The summed E-state index contributed by atoms with van der Waals surface area (Å²) in [5.41, 5.74) is -0.347. The number of nitrogens with zero attached hydrogens (tertiary/aromatic N) is 2. The van der Waals surface area contributed by atoms with Crippen LogP contribution in [0.2, 0.25) is 0 Å². The van der Waals surface area contributed by atoms with Crippen molar-refractivity contribution in [3.05, 3.63) is 35.4 Å². The van der Waals surface area contributed by atoms with E-state index in [0.29, 0.717) is 18.5 Å². The summed E-state index contributed by atoms with van der Waals surface area (Å²) < 4.78 is 43.2. The predicted molar refractivity (Wildman–Crippen MR) is 103 cm³/mol. The molecule has 1 heterocycles. The van der Waals surface area contributed by atoms with Crippen LogP contribution in [0.15, 0.2) is 24.3 Å². The first-order valence-electron chi connectivity index (χ1n) is 10.1. The van der Waals surface area contributed by atoms with Gasteiger partial charge in [-0.15, -0.1) is 0 Å². The lowest BCUT2D eigenvalue weighted by atomic mass is 10.1. The summed E-state index contributed by atoms with van der Waals surface area (Å²) in [6, 6.07) is 4.42. The van der Waals surface area contributed by atoms with Gasteiger partial charge in [-0.05, 0) is 37.5 Å². The van der Waals surface area contributed by atoms with Gasteiger partial charge >= 0.3 is 12.1 Å². The highest BCUT2D eigenvalue weighted by Gasteiger charge is 2.30. The highest BCUT2D eigenvalue weighted by molar-refractivity contribution is 5.87. The first kappa shape index (κ1) is 23.7. The molecule has 0 unspecified atom stereocenters. The Balaban J connectivity index is 2.11. The molecule has 166 valence electrons. The van der Waals surface area contributed by atoms with Crippen LogP contribution in [0.4, 0.5) is 13.2 Å². The van der Waals surface area contributed by atoms with Crippen LogP contribution < -0.4 is 0 Å². The van der Waals surface area contributed by atoms with Crippen LogP contribution in [0.5, 0.6) is 0 Å². The maximum atomic E-state index is 12.9. The van der Waals surface area contributed by atoms with Gasteiger partial charge in [-0.1, -0.05) is 25.0 Å². The summed E-state index contributed by atoms with van der Waals surface area (Å²) in [5, 5.41) is 0. The minimum atomic E-state index is -4.45. The van der Waals surface area contributed by atoms with E-state index >= 15 is 0 Å². The average Bonchev–Trinajstić information content (AvgIpc) is 2.67. The van der Waals surface area contributed by atoms with Crippen molar-refractivity contribution in [2.45, 2.75) is 51.7 Å². The second-order valence-corrected chi connectivity index (χ2v) is 7.23. The van der Waals surface area contributed by atoms with Crippen molar-refractivity contribution in [1.82, 2.24) is 9.80 Å². The van der Waals surface area contributed by atoms with Crippen molar-refractivity contribution in [1.29, 1.82) is 0 Å². The van der Waals surface area contributed by atoms with Gasteiger partial charge < -0.3 is 14.5 Å². The Morgan fingerprint density at radius 2 is 1.77 bits per heavy atom. The first-order chi connectivity index (χ1) is 14.2. The molecule has 9 heteroatoms. The molecule has 0 aromatic heterocycles. The molecule has 1 aromatic carbocycles. The van der Waals surface area contributed by atoms with Crippen LogP contribution in [-0.4, -0.2) is 53.8 Å². The Hall–Kier alpha value is -2.58. The predicted octanol–water partition coefficient (Wildman–Crippen LogP) is 3.39. The molecular formula is C21H27F3N2O4. The summed E-state index contributed by atoms with van der Waals surface area (Å²) in [6.07, 6.45) is -0.529. The summed E-state index contributed by atoms with van der Waals surface area (Å²) in [5.74, 6) is -1.16. The fourth-order valence-electron chi connectivity index (χ4n) is 3.26. The van der Waals surface area contributed by atoms with Crippen molar-refractivity contribution < 1.29 is 32.3 Å². The zero-order chi connectivity index (χ0) is 22.1. The number of hydrogen-bond acceptors (Lipinski definition) is 4. The Morgan fingerprint density at radius 1 is 1.10 bits per heavy atom. The fraction of sp³-hybridized carbons (Fsp3) is 0.571. The van der Waals surface area contributed by atoms with E-state index < -0.39 is 23.6 Å². The molecule has 0 N–H and O–H groups in total. The lowest BCUT2D eigenvalue weighted by Crippen LogP contribution is -2.45. The number of likely N-dealkylation sites (tertiary alicyclic amines) is 1. The van der Waals surface area contributed by atoms with E-state index in [1.165, 1.54) is 21.9 Å². The van der Waals surface area contributed by atoms with Crippen LogP contribution in [0.1, 0.15) is 50.2 Å². The SMILES string of the molecule is CCOC(=O)CN(Cc1ccc(C(F)(F)F)cc1)C(=O)CN1CCCCCCC1=O. The number of halogens is 3. The average molecular weight is 428 g/mol. The quantitative estimate of drug-likeness (QED) is 0.625. The Kier molecular flexibility index (Phi) is 8.68. The number of esters is 1. The van der Waals surface area contributed by atoms with Crippen molar-refractivity contribution in [3.63, 3.8) is 0 Å². The third-order valence-corrected chi connectivity index (χ3v) is 4.88. The molecule has 0 saturated carbocycles. The van der Waals surface area contributed by atoms with Gasteiger partial charge in [0.05, 0.1) is 18.7 Å². The molecule has 2 amide bonds. The third kappa shape index (κ3) is 7.35. The van der Waals surface area contributed by atoms with Crippen molar-refractivity contribution in [2.24, 2.45) is 0 Å². The van der Waals surface area contributed by atoms with Crippen LogP contribution in [0.25, 0.3) is 0 Å². The second kappa shape index (κ2) is 11.0. The van der Waals surface area contributed by atoms with Gasteiger partial charge in [0.2, 0.25) is 11.8 Å². The lowest BCUT2D eigenvalue weighted by Gasteiger charge is -2.28. The number of carbonyl (C=O) groups is 3. The molecule has 2 rings (SSSR count). The highest BCUT2D eigenvalue weighted by atomic mass is 19.4. The smallest absolute Gasteiger partial charge is 0.416 e. The molecule has 0 radical (unpaired) electrons. The summed E-state index contributed by atoms with van der Waals surface area (Å²) in [4.78, 5) is 39.8. The molecular weight excluding hydrogens is 401 g/mol. The van der Waals surface area contributed by atoms with Gasteiger partial charge in [0, 0.05) is 19.5 Å². The van der Waals surface area contributed by atoms with E-state index in [-0.39, 0.29) is 32.1 Å². The molecule has 0 bridgehead atoms. The van der Waals surface area contributed by atoms with Crippen LogP contribution >= 0.6 is 0 Å². The highest BCUT2D eigenvalue weighted by Crippen LogP contribution is 2.29. The number of benzene rings is 1. The minimum absolute atomic E-state index is 0.0577. The molecule has 0 atom stereocenters. The zero-order valence-corrected chi connectivity index (χ0v) is 17.0. The summed E-state index contributed by atoms with van der Waals surface area (Å²) >= 11 is 0. The van der Waals surface area contributed by atoms with Crippen LogP contribution in [0.3, 0.4) is 0 Å². The number of alkyl halides is 3. The molecule has 1 aliphatic heterocycles. The number of rotatable bonds is 7. The summed E-state index contributed by atoms with van der Waals surface area (Å²) in [7, 11) is 0. The van der Waals surface area contributed by atoms with Gasteiger partial charge in [0.25, 0.3) is 0 Å². The van der Waals surface area contributed by atoms with Gasteiger partial charge in [-0.3, -0.25) is 14.4 Å². The maximum Gasteiger partial charge on any atom is 0.416 e. The van der Waals surface area contributed by atoms with Crippen LogP contribution in [-0.2, 0) is 31.8 Å². The molecule has 1 aliphatic rings. The monoisotopic (exact) mass is 428 g/mol. The van der Waals surface area contributed by atoms with E-state index in [9.17, 15) is 27.6 Å². The first-order valence-corrected chi connectivity index (χ1v) is 10.1. The standard InChI is InChI=1S/C21H27F3N2O4/c1-2-30-20(29)15-26(13-16-8-10-17(11-9-16)21(22,23)24)19(28)14-25-12-6-4-3-5-7-18(25)27/h8-11H,2-7,12-15H2,1H3. The van der Waals surface area contributed by atoms with E-state index in [0.717, 1.165) is 37.8 Å².